The Morgan fingerprint density at radius 3 is 3.06 bits per heavy atom. The summed E-state index contributed by atoms with van der Waals surface area (Å²) >= 11 is 0. The molecule has 2 heterocycles. The Labute approximate surface area is 102 Å². The molecule has 17 heavy (non-hydrogen) atoms. The van der Waals surface area contributed by atoms with Crippen LogP contribution >= 0.6 is 0 Å². The second-order valence-corrected chi connectivity index (χ2v) is 4.56. The third kappa shape index (κ3) is 3.18. The van der Waals surface area contributed by atoms with Gasteiger partial charge < -0.3 is 10.2 Å². The zero-order valence-corrected chi connectivity index (χ0v) is 10.2. The summed E-state index contributed by atoms with van der Waals surface area (Å²) < 4.78 is 0. The fourth-order valence-corrected chi connectivity index (χ4v) is 2.20. The highest BCUT2D eigenvalue weighted by atomic mass is 15.2. The van der Waals surface area contributed by atoms with Gasteiger partial charge in [-0.2, -0.15) is 5.26 Å². The van der Waals surface area contributed by atoms with E-state index in [2.05, 4.69) is 22.2 Å². The number of anilines is 1. The Bertz CT molecular complexity index is 393. The van der Waals surface area contributed by atoms with Crippen molar-refractivity contribution in [1.82, 2.24) is 9.88 Å². The Morgan fingerprint density at radius 1 is 1.53 bits per heavy atom. The number of hydrogen-bond donors (Lipinski definition) is 1. The number of likely N-dealkylation sites (tertiary alicyclic amines) is 1. The molecule has 1 aliphatic heterocycles. The highest BCUT2D eigenvalue weighted by Crippen LogP contribution is 2.15. The van der Waals surface area contributed by atoms with Crippen LogP contribution in [-0.4, -0.2) is 36.1 Å². The molecule has 1 aromatic heterocycles. The second-order valence-electron chi connectivity index (χ2n) is 4.56. The number of rotatable bonds is 3. The monoisotopic (exact) mass is 230 g/mol. The molecule has 0 amide bonds. The van der Waals surface area contributed by atoms with Crippen LogP contribution in [0.2, 0.25) is 0 Å². The summed E-state index contributed by atoms with van der Waals surface area (Å²) in [4.78, 5) is 6.45. The van der Waals surface area contributed by atoms with Gasteiger partial charge in [-0.05, 0) is 38.6 Å². The Balaban J connectivity index is 1.86. The third-order valence-corrected chi connectivity index (χ3v) is 3.34. The van der Waals surface area contributed by atoms with E-state index in [1.165, 1.54) is 25.8 Å². The molecule has 0 bridgehead atoms. The molecular weight excluding hydrogens is 212 g/mol. The van der Waals surface area contributed by atoms with Crippen LogP contribution in [0.15, 0.2) is 18.3 Å². The third-order valence-electron chi connectivity index (χ3n) is 3.34. The van der Waals surface area contributed by atoms with Gasteiger partial charge in [0.25, 0.3) is 0 Å². The lowest BCUT2D eigenvalue weighted by molar-refractivity contribution is 0.194. The molecule has 0 spiro atoms. The van der Waals surface area contributed by atoms with E-state index < -0.39 is 0 Å². The standard InChI is InChI=1S/C13H18N4/c1-17-7-3-2-4-13(17)10-16-12-6-5-11(8-14)15-9-12/h5-6,9,13,16H,2-4,7,10H2,1H3. The molecule has 0 radical (unpaired) electrons. The van der Waals surface area contributed by atoms with E-state index in [1.807, 2.05) is 12.1 Å². The van der Waals surface area contributed by atoms with Crippen molar-refractivity contribution in [3.05, 3.63) is 24.0 Å². The minimum absolute atomic E-state index is 0.463. The summed E-state index contributed by atoms with van der Waals surface area (Å²) in [6.45, 7) is 2.14. The minimum Gasteiger partial charge on any atom is -0.382 e. The number of piperidine rings is 1. The van der Waals surface area contributed by atoms with Gasteiger partial charge in [-0.3, -0.25) is 0 Å². The van der Waals surface area contributed by atoms with Gasteiger partial charge in [-0.1, -0.05) is 6.42 Å². The first-order valence-electron chi connectivity index (χ1n) is 6.10. The lowest BCUT2D eigenvalue weighted by Gasteiger charge is -2.32. The number of nitriles is 1. The number of aromatic nitrogens is 1. The maximum absolute atomic E-state index is 8.66. The highest BCUT2D eigenvalue weighted by molar-refractivity contribution is 5.42. The molecule has 4 nitrogen and oxygen atoms in total. The van der Waals surface area contributed by atoms with Crippen molar-refractivity contribution >= 4 is 5.69 Å². The van der Waals surface area contributed by atoms with E-state index >= 15 is 0 Å². The largest absolute Gasteiger partial charge is 0.382 e. The van der Waals surface area contributed by atoms with Gasteiger partial charge in [0.15, 0.2) is 0 Å². The number of hydrogen-bond acceptors (Lipinski definition) is 4. The molecule has 0 aliphatic carbocycles. The second kappa shape index (κ2) is 5.65. The van der Waals surface area contributed by atoms with E-state index in [0.29, 0.717) is 11.7 Å². The van der Waals surface area contributed by atoms with Crippen LogP contribution in [0.5, 0.6) is 0 Å². The molecule has 1 aliphatic rings. The summed E-state index contributed by atoms with van der Waals surface area (Å²) in [5.74, 6) is 0. The average molecular weight is 230 g/mol. The molecule has 90 valence electrons. The molecule has 0 saturated carbocycles. The summed E-state index contributed by atoms with van der Waals surface area (Å²) in [5, 5.41) is 12.0. The normalized spacial score (nSPS) is 20.8. The molecule has 1 saturated heterocycles. The van der Waals surface area contributed by atoms with Crippen molar-refractivity contribution < 1.29 is 0 Å². The molecule has 1 aromatic rings. The minimum atomic E-state index is 0.463. The van der Waals surface area contributed by atoms with Crippen molar-refractivity contribution in [2.45, 2.75) is 25.3 Å². The number of nitrogens with zero attached hydrogens (tertiary/aromatic N) is 3. The van der Waals surface area contributed by atoms with Crippen molar-refractivity contribution in [2.75, 3.05) is 25.5 Å². The topological polar surface area (TPSA) is 52.0 Å². The summed E-state index contributed by atoms with van der Waals surface area (Å²) in [5.41, 5.74) is 1.45. The summed E-state index contributed by atoms with van der Waals surface area (Å²) in [6.07, 6.45) is 5.61. The maximum atomic E-state index is 8.66. The first-order valence-corrected chi connectivity index (χ1v) is 6.10. The van der Waals surface area contributed by atoms with Gasteiger partial charge >= 0.3 is 0 Å². The van der Waals surface area contributed by atoms with Crippen molar-refractivity contribution in [1.29, 1.82) is 5.26 Å². The summed E-state index contributed by atoms with van der Waals surface area (Å²) in [6, 6.07) is 6.28. The fraction of sp³-hybridized carbons (Fsp3) is 0.538. The number of likely N-dealkylation sites (N-methyl/N-ethyl adjacent to an activating group) is 1. The van der Waals surface area contributed by atoms with Crippen LogP contribution in [0.3, 0.4) is 0 Å². The number of nitrogens with one attached hydrogen (secondary N) is 1. The van der Waals surface area contributed by atoms with Crippen molar-refractivity contribution in [3.63, 3.8) is 0 Å². The predicted octanol–water partition coefficient (Wildman–Crippen LogP) is 1.85. The Kier molecular flexibility index (Phi) is 3.94. The van der Waals surface area contributed by atoms with E-state index in [0.717, 1.165) is 12.2 Å². The van der Waals surface area contributed by atoms with Gasteiger partial charge in [0.05, 0.1) is 11.9 Å². The lowest BCUT2D eigenvalue weighted by atomic mass is 10.0. The van der Waals surface area contributed by atoms with E-state index in [9.17, 15) is 0 Å². The molecule has 0 aromatic carbocycles. The molecule has 1 unspecified atom stereocenters. The number of pyridine rings is 1. The van der Waals surface area contributed by atoms with Gasteiger partial charge in [-0.15, -0.1) is 0 Å². The molecule has 4 heteroatoms. The summed E-state index contributed by atoms with van der Waals surface area (Å²) in [7, 11) is 2.18. The van der Waals surface area contributed by atoms with Crippen molar-refractivity contribution in [2.24, 2.45) is 0 Å². The molecule has 1 fully saturated rings. The van der Waals surface area contributed by atoms with Crippen LogP contribution in [0, 0.1) is 11.3 Å². The first kappa shape index (κ1) is 11.9. The van der Waals surface area contributed by atoms with Crippen LogP contribution in [0.1, 0.15) is 25.0 Å². The van der Waals surface area contributed by atoms with E-state index in [1.54, 1.807) is 12.3 Å². The molecule has 1 atom stereocenters. The van der Waals surface area contributed by atoms with Gasteiger partial charge in [-0.25, -0.2) is 4.98 Å². The van der Waals surface area contributed by atoms with E-state index in [4.69, 9.17) is 5.26 Å². The van der Waals surface area contributed by atoms with Gasteiger partial charge in [0, 0.05) is 12.6 Å². The maximum Gasteiger partial charge on any atom is 0.140 e. The van der Waals surface area contributed by atoms with Crippen molar-refractivity contribution in [3.8, 4) is 6.07 Å². The average Bonchev–Trinajstić information content (AvgIpc) is 2.38. The quantitative estimate of drug-likeness (QED) is 0.861. The molecule has 2 rings (SSSR count). The van der Waals surface area contributed by atoms with Crippen LogP contribution in [0.4, 0.5) is 5.69 Å². The highest BCUT2D eigenvalue weighted by Gasteiger charge is 2.18. The van der Waals surface area contributed by atoms with Gasteiger partial charge in [0.1, 0.15) is 11.8 Å². The predicted molar refractivity (Wildman–Crippen MR) is 67.7 cm³/mol. The fourth-order valence-electron chi connectivity index (χ4n) is 2.20. The Morgan fingerprint density at radius 2 is 2.41 bits per heavy atom. The zero-order chi connectivity index (χ0) is 12.1. The zero-order valence-electron chi connectivity index (χ0n) is 10.2. The van der Waals surface area contributed by atoms with E-state index in [-0.39, 0.29) is 0 Å². The lowest BCUT2D eigenvalue weighted by Crippen LogP contribution is -2.40. The van der Waals surface area contributed by atoms with Crippen LogP contribution in [0.25, 0.3) is 0 Å². The Hall–Kier alpha value is -1.60. The van der Waals surface area contributed by atoms with Crippen LogP contribution < -0.4 is 5.32 Å². The molecular formula is C13H18N4. The first-order chi connectivity index (χ1) is 8.29. The smallest absolute Gasteiger partial charge is 0.140 e. The molecule has 1 N–H and O–H groups in total. The van der Waals surface area contributed by atoms with Crippen LogP contribution in [-0.2, 0) is 0 Å². The SMILES string of the molecule is CN1CCCCC1CNc1ccc(C#N)nc1. The van der Waals surface area contributed by atoms with Gasteiger partial charge in [0.2, 0.25) is 0 Å².